The molecule has 2 fully saturated rings. The molecule has 2 nitrogen and oxygen atoms in total. The predicted molar refractivity (Wildman–Crippen MR) is 100 cm³/mol. The number of benzene rings is 2. The van der Waals surface area contributed by atoms with Gasteiger partial charge in [-0.15, -0.1) is 0 Å². The number of nitrogens with zero attached hydrogens (tertiary/aromatic N) is 1. The van der Waals surface area contributed by atoms with Crippen LogP contribution in [0.4, 0.5) is 0 Å². The third-order valence-electron chi connectivity index (χ3n) is 6.08. The van der Waals surface area contributed by atoms with Gasteiger partial charge in [-0.3, -0.25) is 4.90 Å². The molecule has 1 N–H and O–H groups in total. The van der Waals surface area contributed by atoms with Crippen molar-refractivity contribution in [1.29, 1.82) is 0 Å². The molecule has 1 spiro atoms. The Labute approximate surface area is 145 Å². The monoisotopic (exact) mass is 320 g/mol. The summed E-state index contributed by atoms with van der Waals surface area (Å²) in [5.74, 6) is 0.646. The van der Waals surface area contributed by atoms with Crippen molar-refractivity contribution in [3.63, 3.8) is 0 Å². The third kappa shape index (κ3) is 3.13. The van der Waals surface area contributed by atoms with Gasteiger partial charge >= 0.3 is 0 Å². The SMILES string of the molecule is Cc1ccc(C2CNCCC23CCN(Cc2ccccc2)C3)cc1. The lowest BCUT2D eigenvalue weighted by molar-refractivity contribution is 0.161. The standard InChI is InChI=1S/C22H28N2/c1-18-7-9-20(10-8-18)21-15-23-13-11-22(21)12-14-24(17-22)16-19-5-3-2-4-6-19/h2-10,21,23H,11-17H2,1H3. The highest BCUT2D eigenvalue weighted by atomic mass is 15.2. The summed E-state index contributed by atoms with van der Waals surface area (Å²) >= 11 is 0. The van der Waals surface area contributed by atoms with E-state index >= 15 is 0 Å². The fourth-order valence-electron chi connectivity index (χ4n) is 4.69. The van der Waals surface area contributed by atoms with Gasteiger partial charge in [0.25, 0.3) is 0 Å². The molecule has 0 aromatic heterocycles. The minimum Gasteiger partial charge on any atom is -0.316 e. The van der Waals surface area contributed by atoms with Crippen molar-refractivity contribution in [1.82, 2.24) is 10.2 Å². The maximum absolute atomic E-state index is 3.65. The second-order valence-electron chi connectivity index (χ2n) is 7.73. The Morgan fingerprint density at radius 2 is 1.83 bits per heavy atom. The first kappa shape index (κ1) is 15.9. The second-order valence-corrected chi connectivity index (χ2v) is 7.73. The van der Waals surface area contributed by atoms with Crippen LogP contribution in [0.1, 0.15) is 35.4 Å². The smallest absolute Gasteiger partial charge is 0.0233 e. The summed E-state index contributed by atoms with van der Waals surface area (Å²) in [6, 6.07) is 20.2. The number of rotatable bonds is 3. The maximum Gasteiger partial charge on any atom is 0.0233 e. The summed E-state index contributed by atoms with van der Waals surface area (Å²) in [5.41, 5.74) is 4.77. The van der Waals surface area contributed by atoms with Crippen LogP contribution in [-0.4, -0.2) is 31.1 Å². The van der Waals surface area contributed by atoms with Crippen LogP contribution < -0.4 is 5.32 Å². The molecule has 2 aliphatic heterocycles. The van der Waals surface area contributed by atoms with Crippen LogP contribution >= 0.6 is 0 Å². The molecule has 2 atom stereocenters. The van der Waals surface area contributed by atoms with Crippen molar-refractivity contribution in [3.05, 3.63) is 71.3 Å². The van der Waals surface area contributed by atoms with Crippen LogP contribution in [0.5, 0.6) is 0 Å². The zero-order chi connectivity index (χ0) is 16.4. The molecule has 0 amide bonds. The van der Waals surface area contributed by atoms with Gasteiger partial charge in [-0.2, -0.15) is 0 Å². The summed E-state index contributed by atoms with van der Waals surface area (Å²) in [6.45, 7) is 8.04. The van der Waals surface area contributed by atoms with Gasteiger partial charge in [-0.25, -0.2) is 0 Å². The highest BCUT2D eigenvalue weighted by Crippen LogP contribution is 2.47. The van der Waals surface area contributed by atoms with E-state index in [-0.39, 0.29) is 0 Å². The normalized spacial score (nSPS) is 27.6. The van der Waals surface area contributed by atoms with Gasteiger partial charge in [-0.1, -0.05) is 60.2 Å². The molecule has 0 aliphatic carbocycles. The van der Waals surface area contributed by atoms with Crippen molar-refractivity contribution in [2.45, 2.75) is 32.2 Å². The topological polar surface area (TPSA) is 15.3 Å². The van der Waals surface area contributed by atoms with E-state index in [4.69, 9.17) is 0 Å². The number of likely N-dealkylation sites (tertiary alicyclic amines) is 1. The van der Waals surface area contributed by atoms with E-state index < -0.39 is 0 Å². The lowest BCUT2D eigenvalue weighted by Crippen LogP contribution is -2.45. The van der Waals surface area contributed by atoms with E-state index in [1.54, 1.807) is 0 Å². The van der Waals surface area contributed by atoms with Crippen molar-refractivity contribution in [2.75, 3.05) is 26.2 Å². The van der Waals surface area contributed by atoms with E-state index in [2.05, 4.69) is 71.7 Å². The number of aryl methyl sites for hydroxylation is 1. The molecule has 0 saturated carbocycles. The molecular formula is C22H28N2. The first-order chi connectivity index (χ1) is 11.8. The molecule has 0 radical (unpaired) electrons. The summed E-state index contributed by atoms with van der Waals surface area (Å²) in [7, 11) is 0. The van der Waals surface area contributed by atoms with Crippen molar-refractivity contribution in [2.24, 2.45) is 5.41 Å². The highest BCUT2D eigenvalue weighted by Gasteiger charge is 2.45. The molecule has 2 unspecified atom stereocenters. The summed E-state index contributed by atoms with van der Waals surface area (Å²) in [5, 5.41) is 3.65. The van der Waals surface area contributed by atoms with Crippen LogP contribution in [-0.2, 0) is 6.54 Å². The number of hydrogen-bond acceptors (Lipinski definition) is 2. The Morgan fingerprint density at radius 3 is 2.62 bits per heavy atom. The van der Waals surface area contributed by atoms with Crippen LogP contribution in [0, 0.1) is 12.3 Å². The van der Waals surface area contributed by atoms with E-state index in [1.807, 2.05) is 0 Å². The predicted octanol–water partition coefficient (Wildman–Crippen LogP) is 3.96. The minimum absolute atomic E-state index is 0.454. The lowest BCUT2D eigenvalue weighted by atomic mass is 9.67. The van der Waals surface area contributed by atoms with E-state index in [0.29, 0.717) is 11.3 Å². The van der Waals surface area contributed by atoms with Gasteiger partial charge in [0, 0.05) is 25.6 Å². The van der Waals surface area contributed by atoms with Gasteiger partial charge < -0.3 is 5.32 Å². The Kier molecular flexibility index (Phi) is 4.43. The van der Waals surface area contributed by atoms with Crippen LogP contribution in [0.3, 0.4) is 0 Å². The Hall–Kier alpha value is -1.64. The lowest BCUT2D eigenvalue weighted by Gasteiger charge is -2.42. The summed E-state index contributed by atoms with van der Waals surface area (Å²) in [4.78, 5) is 2.67. The molecule has 24 heavy (non-hydrogen) atoms. The summed E-state index contributed by atoms with van der Waals surface area (Å²) < 4.78 is 0. The number of piperidine rings is 1. The molecular weight excluding hydrogens is 292 g/mol. The Morgan fingerprint density at radius 1 is 1.04 bits per heavy atom. The maximum atomic E-state index is 3.65. The van der Waals surface area contributed by atoms with Gasteiger partial charge in [0.15, 0.2) is 0 Å². The average Bonchev–Trinajstić information content (AvgIpc) is 3.00. The van der Waals surface area contributed by atoms with Crippen molar-refractivity contribution in [3.8, 4) is 0 Å². The van der Waals surface area contributed by atoms with Crippen molar-refractivity contribution < 1.29 is 0 Å². The van der Waals surface area contributed by atoms with Crippen LogP contribution in [0.2, 0.25) is 0 Å². The van der Waals surface area contributed by atoms with Crippen LogP contribution in [0.15, 0.2) is 54.6 Å². The van der Waals surface area contributed by atoms with Gasteiger partial charge in [0.2, 0.25) is 0 Å². The highest BCUT2D eigenvalue weighted by molar-refractivity contribution is 5.28. The first-order valence-electron chi connectivity index (χ1n) is 9.29. The first-order valence-corrected chi connectivity index (χ1v) is 9.29. The molecule has 2 aromatic carbocycles. The molecule has 2 saturated heterocycles. The van der Waals surface area contributed by atoms with E-state index in [1.165, 1.54) is 49.2 Å². The molecule has 4 rings (SSSR count). The fraction of sp³-hybridized carbons (Fsp3) is 0.455. The second kappa shape index (κ2) is 6.70. The minimum atomic E-state index is 0.454. The third-order valence-corrected chi connectivity index (χ3v) is 6.08. The molecule has 126 valence electrons. The Balaban J connectivity index is 1.53. The largest absolute Gasteiger partial charge is 0.316 e. The Bertz CT molecular complexity index is 664. The van der Waals surface area contributed by atoms with Gasteiger partial charge in [-0.05, 0) is 49.4 Å². The number of hydrogen-bond donors (Lipinski definition) is 1. The van der Waals surface area contributed by atoms with E-state index in [0.717, 1.165) is 13.1 Å². The molecule has 2 heteroatoms. The van der Waals surface area contributed by atoms with Gasteiger partial charge in [0.05, 0.1) is 0 Å². The number of nitrogens with one attached hydrogen (secondary N) is 1. The zero-order valence-electron chi connectivity index (χ0n) is 14.7. The molecule has 2 aliphatic rings. The fourth-order valence-corrected chi connectivity index (χ4v) is 4.69. The molecule has 0 bridgehead atoms. The zero-order valence-corrected chi connectivity index (χ0v) is 14.7. The van der Waals surface area contributed by atoms with E-state index in [9.17, 15) is 0 Å². The average molecular weight is 320 g/mol. The molecule has 2 aromatic rings. The summed E-state index contributed by atoms with van der Waals surface area (Å²) in [6.07, 6.45) is 2.64. The van der Waals surface area contributed by atoms with Gasteiger partial charge in [0.1, 0.15) is 0 Å². The van der Waals surface area contributed by atoms with Crippen LogP contribution in [0.25, 0.3) is 0 Å². The quantitative estimate of drug-likeness (QED) is 0.921. The van der Waals surface area contributed by atoms with Crippen molar-refractivity contribution >= 4 is 0 Å². The molecule has 2 heterocycles.